The third kappa shape index (κ3) is 3.44. The Morgan fingerprint density at radius 3 is 2.52 bits per heavy atom. The molecular formula is C15H20N2O2S2. The van der Waals surface area contributed by atoms with Gasteiger partial charge < -0.3 is 5.32 Å². The SMILES string of the molecule is CCS(=O)(=O)c1ccccc1NC(C)c1nc(C)sc1C. The van der Waals surface area contributed by atoms with Crippen molar-refractivity contribution in [3.8, 4) is 0 Å². The van der Waals surface area contributed by atoms with Gasteiger partial charge in [0.2, 0.25) is 0 Å². The van der Waals surface area contributed by atoms with E-state index in [2.05, 4.69) is 10.3 Å². The van der Waals surface area contributed by atoms with Gasteiger partial charge in [0.1, 0.15) is 0 Å². The quantitative estimate of drug-likeness (QED) is 0.910. The highest BCUT2D eigenvalue weighted by molar-refractivity contribution is 7.91. The monoisotopic (exact) mass is 324 g/mol. The summed E-state index contributed by atoms with van der Waals surface area (Å²) in [5.41, 5.74) is 1.61. The molecule has 0 saturated heterocycles. The first-order chi connectivity index (χ1) is 9.85. The Bertz CT molecular complexity index is 736. The molecule has 0 aliphatic rings. The van der Waals surface area contributed by atoms with Crippen molar-refractivity contribution in [1.29, 1.82) is 0 Å². The van der Waals surface area contributed by atoms with E-state index >= 15 is 0 Å². The maximum atomic E-state index is 12.2. The molecule has 2 rings (SSSR count). The van der Waals surface area contributed by atoms with Gasteiger partial charge in [0.05, 0.1) is 33.1 Å². The maximum Gasteiger partial charge on any atom is 0.180 e. The second kappa shape index (κ2) is 6.15. The molecule has 0 aliphatic carbocycles. The molecule has 21 heavy (non-hydrogen) atoms. The van der Waals surface area contributed by atoms with Gasteiger partial charge >= 0.3 is 0 Å². The van der Waals surface area contributed by atoms with E-state index in [1.54, 1.807) is 36.5 Å². The first kappa shape index (κ1) is 16.0. The lowest BCUT2D eigenvalue weighted by Crippen LogP contribution is -2.13. The minimum Gasteiger partial charge on any atom is -0.376 e. The highest BCUT2D eigenvalue weighted by Crippen LogP contribution is 2.29. The van der Waals surface area contributed by atoms with Crippen LogP contribution in [0, 0.1) is 13.8 Å². The Balaban J connectivity index is 2.34. The molecule has 0 saturated carbocycles. The summed E-state index contributed by atoms with van der Waals surface area (Å²) < 4.78 is 24.3. The zero-order valence-corrected chi connectivity index (χ0v) is 14.3. The third-order valence-corrected chi connectivity index (χ3v) is 6.01. The summed E-state index contributed by atoms with van der Waals surface area (Å²) in [6.45, 7) is 7.66. The number of rotatable bonds is 5. The van der Waals surface area contributed by atoms with Gasteiger partial charge in [-0.3, -0.25) is 0 Å². The topological polar surface area (TPSA) is 59.1 Å². The first-order valence-electron chi connectivity index (χ1n) is 6.87. The largest absolute Gasteiger partial charge is 0.376 e. The standard InChI is InChI=1S/C15H20N2O2S2/c1-5-21(18,19)14-9-7-6-8-13(14)16-10(2)15-11(3)20-12(4)17-15/h6-10,16H,5H2,1-4H3. The van der Waals surface area contributed by atoms with Crippen LogP contribution < -0.4 is 5.32 Å². The van der Waals surface area contributed by atoms with Crippen LogP contribution in [0.3, 0.4) is 0 Å². The average molecular weight is 324 g/mol. The van der Waals surface area contributed by atoms with Crippen molar-refractivity contribution in [2.45, 2.75) is 38.6 Å². The molecule has 1 N–H and O–H groups in total. The molecule has 0 fully saturated rings. The van der Waals surface area contributed by atoms with Gasteiger partial charge in [0, 0.05) is 4.88 Å². The smallest absolute Gasteiger partial charge is 0.180 e. The van der Waals surface area contributed by atoms with E-state index in [-0.39, 0.29) is 11.8 Å². The summed E-state index contributed by atoms with van der Waals surface area (Å²) in [6.07, 6.45) is 0. The lowest BCUT2D eigenvalue weighted by atomic mass is 10.2. The van der Waals surface area contributed by atoms with Crippen LogP contribution in [0.1, 0.15) is 35.5 Å². The number of sulfone groups is 1. The number of nitrogens with one attached hydrogen (secondary N) is 1. The number of hydrogen-bond donors (Lipinski definition) is 1. The Kier molecular flexibility index (Phi) is 4.68. The second-order valence-electron chi connectivity index (χ2n) is 4.94. The highest BCUT2D eigenvalue weighted by Gasteiger charge is 2.19. The fourth-order valence-corrected chi connectivity index (χ4v) is 4.23. The number of anilines is 1. The number of benzene rings is 1. The van der Waals surface area contributed by atoms with Crippen molar-refractivity contribution >= 4 is 26.9 Å². The van der Waals surface area contributed by atoms with E-state index in [1.165, 1.54) is 0 Å². The summed E-state index contributed by atoms with van der Waals surface area (Å²) in [5, 5.41) is 4.31. The van der Waals surface area contributed by atoms with Gasteiger partial charge in [-0.1, -0.05) is 19.1 Å². The summed E-state index contributed by atoms with van der Waals surface area (Å²) in [4.78, 5) is 6.03. The number of nitrogens with zero attached hydrogens (tertiary/aromatic N) is 1. The molecule has 1 aromatic carbocycles. The molecule has 0 spiro atoms. The Hall–Kier alpha value is -1.40. The van der Waals surface area contributed by atoms with Gasteiger partial charge in [-0.15, -0.1) is 11.3 Å². The number of para-hydroxylation sites is 1. The zero-order chi connectivity index (χ0) is 15.6. The normalized spacial score (nSPS) is 13.1. The van der Waals surface area contributed by atoms with E-state index in [9.17, 15) is 8.42 Å². The van der Waals surface area contributed by atoms with Crippen molar-refractivity contribution in [3.05, 3.63) is 39.8 Å². The zero-order valence-electron chi connectivity index (χ0n) is 12.7. The van der Waals surface area contributed by atoms with E-state index in [1.807, 2.05) is 26.8 Å². The number of hydrogen-bond acceptors (Lipinski definition) is 5. The van der Waals surface area contributed by atoms with Crippen LogP contribution in [0.2, 0.25) is 0 Å². The van der Waals surface area contributed by atoms with Crippen LogP contribution in [-0.4, -0.2) is 19.2 Å². The minimum absolute atomic E-state index is 0.0387. The van der Waals surface area contributed by atoms with Crippen LogP contribution in [0.5, 0.6) is 0 Å². The number of aromatic nitrogens is 1. The fourth-order valence-electron chi connectivity index (χ4n) is 2.26. The van der Waals surface area contributed by atoms with Gasteiger partial charge in [0.25, 0.3) is 0 Å². The van der Waals surface area contributed by atoms with Gasteiger partial charge in [-0.2, -0.15) is 0 Å². The summed E-state index contributed by atoms with van der Waals surface area (Å²) in [6, 6.07) is 6.99. The molecule has 4 nitrogen and oxygen atoms in total. The molecule has 2 aromatic rings. The lowest BCUT2D eigenvalue weighted by molar-refractivity contribution is 0.597. The molecule has 0 amide bonds. The molecule has 114 valence electrons. The maximum absolute atomic E-state index is 12.2. The van der Waals surface area contributed by atoms with E-state index in [4.69, 9.17) is 0 Å². The molecular weight excluding hydrogens is 304 g/mol. The van der Waals surface area contributed by atoms with Crippen molar-refractivity contribution in [2.24, 2.45) is 0 Å². The average Bonchev–Trinajstić information content (AvgIpc) is 2.78. The fraction of sp³-hybridized carbons (Fsp3) is 0.400. The van der Waals surface area contributed by atoms with Crippen molar-refractivity contribution < 1.29 is 8.42 Å². The summed E-state index contributed by atoms with van der Waals surface area (Å²) in [7, 11) is -3.24. The second-order valence-corrected chi connectivity index (χ2v) is 8.59. The predicted molar refractivity (Wildman–Crippen MR) is 87.8 cm³/mol. The Morgan fingerprint density at radius 1 is 1.29 bits per heavy atom. The molecule has 0 radical (unpaired) electrons. The van der Waals surface area contributed by atoms with E-state index < -0.39 is 9.84 Å². The van der Waals surface area contributed by atoms with Crippen LogP contribution in [0.25, 0.3) is 0 Å². The van der Waals surface area contributed by atoms with E-state index in [0.29, 0.717) is 10.6 Å². The Labute approximate surface area is 130 Å². The molecule has 1 unspecified atom stereocenters. The molecule has 0 aliphatic heterocycles. The predicted octanol–water partition coefficient (Wildman–Crippen LogP) is 3.73. The highest BCUT2D eigenvalue weighted by atomic mass is 32.2. The van der Waals surface area contributed by atoms with Crippen LogP contribution in [-0.2, 0) is 9.84 Å². The van der Waals surface area contributed by atoms with Crippen molar-refractivity contribution in [3.63, 3.8) is 0 Å². The van der Waals surface area contributed by atoms with E-state index in [0.717, 1.165) is 15.6 Å². The minimum atomic E-state index is -3.24. The van der Waals surface area contributed by atoms with Crippen LogP contribution >= 0.6 is 11.3 Å². The van der Waals surface area contributed by atoms with Gasteiger partial charge in [-0.25, -0.2) is 13.4 Å². The lowest BCUT2D eigenvalue weighted by Gasteiger charge is -2.17. The molecule has 1 heterocycles. The third-order valence-electron chi connectivity index (χ3n) is 3.32. The summed E-state index contributed by atoms with van der Waals surface area (Å²) >= 11 is 1.65. The Morgan fingerprint density at radius 2 is 1.95 bits per heavy atom. The summed E-state index contributed by atoms with van der Waals surface area (Å²) in [5.74, 6) is 0.0922. The molecule has 1 atom stereocenters. The molecule has 1 aromatic heterocycles. The van der Waals surface area contributed by atoms with Crippen LogP contribution in [0.15, 0.2) is 29.2 Å². The van der Waals surface area contributed by atoms with Crippen LogP contribution in [0.4, 0.5) is 5.69 Å². The molecule has 0 bridgehead atoms. The first-order valence-corrected chi connectivity index (χ1v) is 9.34. The number of aryl methyl sites for hydroxylation is 2. The number of thiazole rings is 1. The van der Waals surface area contributed by atoms with Gasteiger partial charge in [-0.05, 0) is 32.9 Å². The molecule has 6 heteroatoms. The van der Waals surface area contributed by atoms with Crippen molar-refractivity contribution in [2.75, 3.05) is 11.1 Å². The van der Waals surface area contributed by atoms with Crippen molar-refractivity contribution in [1.82, 2.24) is 4.98 Å². The van der Waals surface area contributed by atoms with Gasteiger partial charge in [0.15, 0.2) is 9.84 Å².